The number of hydrogen-bond donors (Lipinski definition) is 1. The third-order valence-electron chi connectivity index (χ3n) is 2.70. The molecule has 0 unspecified atom stereocenters. The van der Waals surface area contributed by atoms with E-state index < -0.39 is 5.97 Å². The highest BCUT2D eigenvalue weighted by molar-refractivity contribution is 9.10. The number of halogens is 2. The van der Waals surface area contributed by atoms with Gasteiger partial charge in [-0.05, 0) is 30.2 Å². The first-order valence-corrected chi connectivity index (χ1v) is 6.59. The summed E-state index contributed by atoms with van der Waals surface area (Å²) in [4.78, 5) is 23.5. The van der Waals surface area contributed by atoms with Crippen molar-refractivity contribution in [2.24, 2.45) is 0 Å². The number of amides is 1. The van der Waals surface area contributed by atoms with Crippen molar-refractivity contribution in [2.45, 2.75) is 19.3 Å². The van der Waals surface area contributed by atoms with Crippen LogP contribution >= 0.6 is 15.9 Å². The summed E-state index contributed by atoms with van der Waals surface area (Å²) in [5, 5.41) is 8.53. The first-order chi connectivity index (χ1) is 8.90. The molecule has 0 saturated heterocycles. The van der Waals surface area contributed by atoms with Crippen LogP contribution < -0.4 is 0 Å². The third-order valence-corrected chi connectivity index (χ3v) is 3.48. The van der Waals surface area contributed by atoms with Crippen molar-refractivity contribution in [2.75, 3.05) is 13.6 Å². The minimum atomic E-state index is -0.937. The predicted molar refractivity (Wildman–Crippen MR) is 72.3 cm³/mol. The van der Waals surface area contributed by atoms with E-state index >= 15 is 0 Å². The minimum Gasteiger partial charge on any atom is -0.481 e. The molecule has 4 nitrogen and oxygen atoms in total. The van der Waals surface area contributed by atoms with Crippen molar-refractivity contribution in [3.8, 4) is 0 Å². The Balaban J connectivity index is 2.49. The second-order valence-corrected chi connectivity index (χ2v) is 5.05. The van der Waals surface area contributed by atoms with Gasteiger partial charge in [-0.3, -0.25) is 9.59 Å². The van der Waals surface area contributed by atoms with Crippen molar-refractivity contribution in [3.63, 3.8) is 0 Å². The number of carbonyl (C=O) groups excluding carboxylic acids is 1. The summed E-state index contributed by atoms with van der Waals surface area (Å²) in [6.45, 7) is 0.179. The summed E-state index contributed by atoms with van der Waals surface area (Å²) in [6.07, 6.45) is 0.554. The second-order valence-electron chi connectivity index (χ2n) is 4.19. The molecule has 1 aromatic rings. The molecule has 1 amide bonds. The number of hydrogen-bond acceptors (Lipinski definition) is 2. The summed E-state index contributed by atoms with van der Waals surface area (Å²) < 4.78 is 13.8. The minimum absolute atomic E-state index is 0.0775. The molecule has 0 bridgehead atoms. The van der Waals surface area contributed by atoms with E-state index in [1.807, 2.05) is 0 Å². The molecule has 0 fully saturated rings. The zero-order valence-corrected chi connectivity index (χ0v) is 12.1. The molecule has 0 aliphatic carbocycles. The first-order valence-electron chi connectivity index (χ1n) is 5.80. The fourth-order valence-corrected chi connectivity index (χ4v) is 2.00. The highest BCUT2D eigenvalue weighted by Gasteiger charge is 2.11. The Bertz CT molecular complexity index is 479. The highest BCUT2D eigenvalue weighted by atomic mass is 79.9. The van der Waals surface area contributed by atoms with E-state index in [0.717, 1.165) is 10.0 Å². The fraction of sp³-hybridized carbons (Fsp3) is 0.385. The molecule has 1 aromatic carbocycles. The lowest BCUT2D eigenvalue weighted by Gasteiger charge is -2.16. The molecule has 0 atom stereocenters. The van der Waals surface area contributed by atoms with E-state index in [2.05, 4.69) is 15.9 Å². The lowest BCUT2D eigenvalue weighted by molar-refractivity contribution is -0.138. The second kappa shape index (κ2) is 7.23. The van der Waals surface area contributed by atoms with Gasteiger partial charge in [-0.15, -0.1) is 0 Å². The van der Waals surface area contributed by atoms with Gasteiger partial charge in [0, 0.05) is 24.5 Å². The maximum Gasteiger partial charge on any atom is 0.305 e. The molecule has 1 rings (SSSR count). The van der Waals surface area contributed by atoms with Crippen LogP contribution in [0.1, 0.15) is 18.4 Å². The van der Waals surface area contributed by atoms with Gasteiger partial charge in [0.25, 0.3) is 0 Å². The molecule has 0 heterocycles. The standard InChI is InChI=1S/C13H15BrFNO3/c1-16(7-6-13(18)19)12(17)5-2-9-8-10(15)3-4-11(9)14/h3-4,8H,2,5-7H2,1H3,(H,18,19). The SMILES string of the molecule is CN(CCC(=O)O)C(=O)CCc1cc(F)ccc1Br. The summed E-state index contributed by atoms with van der Waals surface area (Å²) in [5.41, 5.74) is 0.722. The van der Waals surface area contributed by atoms with E-state index in [4.69, 9.17) is 5.11 Å². The average Bonchev–Trinajstić information content (AvgIpc) is 2.36. The Hall–Kier alpha value is -1.43. The Kier molecular flexibility index (Phi) is 5.95. The number of nitrogens with zero attached hydrogens (tertiary/aromatic N) is 1. The van der Waals surface area contributed by atoms with Crippen molar-refractivity contribution >= 4 is 27.8 Å². The van der Waals surface area contributed by atoms with Crippen molar-refractivity contribution in [1.82, 2.24) is 4.90 Å². The maximum absolute atomic E-state index is 13.1. The number of carbonyl (C=O) groups is 2. The Morgan fingerprint density at radius 1 is 1.37 bits per heavy atom. The molecular formula is C13H15BrFNO3. The lowest BCUT2D eigenvalue weighted by atomic mass is 10.1. The van der Waals surface area contributed by atoms with Gasteiger partial charge in [-0.25, -0.2) is 4.39 Å². The van der Waals surface area contributed by atoms with Crippen LogP contribution in [0.15, 0.2) is 22.7 Å². The zero-order chi connectivity index (χ0) is 14.4. The number of aryl methyl sites for hydroxylation is 1. The normalized spacial score (nSPS) is 10.3. The van der Waals surface area contributed by atoms with Gasteiger partial charge in [0.1, 0.15) is 5.82 Å². The van der Waals surface area contributed by atoms with Gasteiger partial charge in [0.05, 0.1) is 6.42 Å². The van der Waals surface area contributed by atoms with Gasteiger partial charge < -0.3 is 10.0 Å². The third kappa shape index (κ3) is 5.38. The largest absolute Gasteiger partial charge is 0.481 e. The van der Waals surface area contributed by atoms with Crippen LogP contribution in [0.3, 0.4) is 0 Å². The molecule has 0 saturated carbocycles. The molecule has 0 aliphatic heterocycles. The zero-order valence-electron chi connectivity index (χ0n) is 10.5. The average molecular weight is 332 g/mol. The Labute approximate surface area is 119 Å². The van der Waals surface area contributed by atoms with E-state index in [0.29, 0.717) is 6.42 Å². The van der Waals surface area contributed by atoms with Crippen LogP contribution in [0.4, 0.5) is 4.39 Å². The van der Waals surface area contributed by atoms with Crippen molar-refractivity contribution in [1.29, 1.82) is 0 Å². The monoisotopic (exact) mass is 331 g/mol. The summed E-state index contributed by atoms with van der Waals surface area (Å²) in [6, 6.07) is 4.33. The molecule has 6 heteroatoms. The summed E-state index contributed by atoms with van der Waals surface area (Å²) in [7, 11) is 1.56. The number of benzene rings is 1. The van der Waals surface area contributed by atoms with Crippen LogP contribution in [0.2, 0.25) is 0 Å². The van der Waals surface area contributed by atoms with Gasteiger partial charge in [0.2, 0.25) is 5.91 Å². The van der Waals surface area contributed by atoms with Crippen LogP contribution in [-0.4, -0.2) is 35.5 Å². The lowest BCUT2D eigenvalue weighted by Crippen LogP contribution is -2.29. The van der Waals surface area contributed by atoms with E-state index in [-0.39, 0.29) is 31.1 Å². The van der Waals surface area contributed by atoms with Gasteiger partial charge >= 0.3 is 5.97 Å². The quantitative estimate of drug-likeness (QED) is 0.871. The number of rotatable bonds is 6. The van der Waals surface area contributed by atoms with Gasteiger partial charge in [-0.1, -0.05) is 15.9 Å². The number of aliphatic carboxylic acids is 1. The smallest absolute Gasteiger partial charge is 0.305 e. The fourth-order valence-electron chi connectivity index (χ4n) is 1.56. The molecule has 104 valence electrons. The topological polar surface area (TPSA) is 57.6 Å². The number of carboxylic acid groups (broad SMARTS) is 1. The van der Waals surface area contributed by atoms with Crippen molar-refractivity contribution < 1.29 is 19.1 Å². The van der Waals surface area contributed by atoms with E-state index in [9.17, 15) is 14.0 Å². The Morgan fingerprint density at radius 2 is 2.05 bits per heavy atom. The van der Waals surface area contributed by atoms with Crippen LogP contribution in [0.25, 0.3) is 0 Å². The molecular weight excluding hydrogens is 317 g/mol. The van der Waals surface area contributed by atoms with E-state index in [1.54, 1.807) is 13.1 Å². The summed E-state index contributed by atoms with van der Waals surface area (Å²) in [5.74, 6) is -1.44. The van der Waals surface area contributed by atoms with Crippen LogP contribution in [0, 0.1) is 5.82 Å². The Morgan fingerprint density at radius 3 is 2.68 bits per heavy atom. The summed E-state index contributed by atoms with van der Waals surface area (Å²) >= 11 is 3.30. The highest BCUT2D eigenvalue weighted by Crippen LogP contribution is 2.19. The van der Waals surface area contributed by atoms with Crippen LogP contribution in [-0.2, 0) is 16.0 Å². The number of carboxylic acids is 1. The maximum atomic E-state index is 13.1. The van der Waals surface area contributed by atoms with Crippen molar-refractivity contribution in [3.05, 3.63) is 34.1 Å². The molecule has 0 spiro atoms. The predicted octanol–water partition coefficient (Wildman–Crippen LogP) is 2.45. The molecule has 0 aliphatic rings. The molecule has 0 aromatic heterocycles. The van der Waals surface area contributed by atoms with Gasteiger partial charge in [-0.2, -0.15) is 0 Å². The molecule has 19 heavy (non-hydrogen) atoms. The van der Waals surface area contributed by atoms with Crippen LogP contribution in [0.5, 0.6) is 0 Å². The molecule has 1 N–H and O–H groups in total. The first kappa shape index (κ1) is 15.6. The molecule has 0 radical (unpaired) electrons. The van der Waals surface area contributed by atoms with Gasteiger partial charge in [0.15, 0.2) is 0 Å². The van der Waals surface area contributed by atoms with E-state index in [1.165, 1.54) is 17.0 Å².